The van der Waals surface area contributed by atoms with Crippen molar-refractivity contribution in [1.29, 1.82) is 0 Å². The van der Waals surface area contributed by atoms with Gasteiger partial charge in [0, 0.05) is 22.8 Å². The first-order chi connectivity index (χ1) is 11.0. The lowest BCUT2D eigenvalue weighted by Gasteiger charge is -2.13. The van der Waals surface area contributed by atoms with Crippen LogP contribution in [0.3, 0.4) is 0 Å². The van der Waals surface area contributed by atoms with Gasteiger partial charge in [-0.2, -0.15) is 0 Å². The Hall–Kier alpha value is -2.75. The van der Waals surface area contributed by atoms with Crippen LogP contribution < -0.4 is 0 Å². The summed E-state index contributed by atoms with van der Waals surface area (Å²) in [6, 6.07) is 1.53. The Morgan fingerprint density at radius 2 is 1.91 bits per heavy atom. The van der Waals surface area contributed by atoms with Gasteiger partial charge in [-0.05, 0) is 25.8 Å². The van der Waals surface area contributed by atoms with E-state index in [1.165, 1.54) is 18.2 Å². The van der Waals surface area contributed by atoms with Crippen molar-refractivity contribution < 1.29 is 19.7 Å². The summed E-state index contributed by atoms with van der Waals surface area (Å²) in [5, 5.41) is 20.5. The van der Waals surface area contributed by atoms with Gasteiger partial charge in [0.2, 0.25) is 0 Å². The van der Waals surface area contributed by atoms with Gasteiger partial charge in [-0.1, -0.05) is 30.4 Å². The number of carbonyl (C=O) groups is 1. The molecule has 0 aromatic heterocycles. The average Bonchev–Trinajstić information content (AvgIpc) is 2.51. The summed E-state index contributed by atoms with van der Waals surface area (Å²) < 4.78 is 4.78. The molecule has 1 aromatic rings. The van der Waals surface area contributed by atoms with E-state index in [-0.39, 0.29) is 11.5 Å². The van der Waals surface area contributed by atoms with Crippen LogP contribution in [-0.4, -0.2) is 22.8 Å². The fourth-order valence-corrected chi connectivity index (χ4v) is 2.10. The van der Waals surface area contributed by atoms with Crippen molar-refractivity contribution in [2.24, 2.45) is 0 Å². The molecule has 1 aromatic carbocycles. The molecule has 0 aliphatic carbocycles. The van der Waals surface area contributed by atoms with Crippen LogP contribution in [0, 0.1) is 0 Å². The van der Waals surface area contributed by atoms with Crippen molar-refractivity contribution in [2.75, 3.05) is 6.61 Å². The summed E-state index contributed by atoms with van der Waals surface area (Å²) in [4.78, 5) is 11.2. The fourth-order valence-electron chi connectivity index (χ4n) is 2.10. The van der Waals surface area contributed by atoms with E-state index in [0.29, 0.717) is 36.1 Å². The molecule has 0 radical (unpaired) electrons. The summed E-state index contributed by atoms with van der Waals surface area (Å²) in [7, 11) is 0. The lowest BCUT2D eigenvalue weighted by atomic mass is 9.96. The second kappa shape index (κ2) is 9.30. The lowest BCUT2D eigenvalue weighted by Crippen LogP contribution is -1.98. The van der Waals surface area contributed by atoms with Crippen LogP contribution in [0.15, 0.2) is 49.6 Å². The van der Waals surface area contributed by atoms with Crippen LogP contribution in [0.1, 0.15) is 23.6 Å². The summed E-state index contributed by atoms with van der Waals surface area (Å²) in [6.45, 7) is 9.34. The van der Waals surface area contributed by atoms with Crippen LogP contribution in [0.25, 0.3) is 6.08 Å². The van der Waals surface area contributed by atoms with E-state index in [9.17, 15) is 15.0 Å². The molecule has 0 spiro atoms. The topological polar surface area (TPSA) is 66.8 Å². The third kappa shape index (κ3) is 5.18. The quantitative estimate of drug-likeness (QED) is 0.252. The zero-order chi connectivity index (χ0) is 17.2. The lowest BCUT2D eigenvalue weighted by molar-refractivity contribution is -0.137. The molecule has 4 nitrogen and oxygen atoms in total. The molecule has 0 aliphatic rings. The van der Waals surface area contributed by atoms with Gasteiger partial charge in [0.15, 0.2) is 0 Å². The number of phenolic OH excluding ortho intramolecular Hbond substituents is 2. The number of esters is 1. The first-order valence-corrected chi connectivity index (χ1v) is 7.35. The van der Waals surface area contributed by atoms with Gasteiger partial charge in [0.05, 0.1) is 6.61 Å². The molecule has 0 saturated heterocycles. The Morgan fingerprint density at radius 3 is 2.52 bits per heavy atom. The Labute approximate surface area is 136 Å². The Bertz CT molecular complexity index is 639. The number of aromatic hydroxyl groups is 2. The van der Waals surface area contributed by atoms with Crippen LogP contribution >= 0.6 is 0 Å². The minimum Gasteiger partial charge on any atom is -0.508 e. The third-order valence-electron chi connectivity index (χ3n) is 3.11. The molecule has 0 heterocycles. The van der Waals surface area contributed by atoms with Gasteiger partial charge in [-0.15, -0.1) is 13.2 Å². The van der Waals surface area contributed by atoms with E-state index in [4.69, 9.17) is 4.74 Å². The zero-order valence-electron chi connectivity index (χ0n) is 13.3. The molecule has 0 aliphatic heterocycles. The molecule has 4 heteroatoms. The number of hydrogen-bond acceptors (Lipinski definition) is 4. The molecule has 23 heavy (non-hydrogen) atoms. The minimum absolute atomic E-state index is 0.0836. The minimum atomic E-state index is -0.434. The SMILES string of the molecule is C=CCc1cc(O)c(CC=C)c(/C=C/C=C/C(=O)OCC)c1O. The first kappa shape index (κ1) is 18.3. The second-order valence-electron chi connectivity index (χ2n) is 4.75. The predicted molar refractivity (Wildman–Crippen MR) is 92.4 cm³/mol. The highest BCUT2D eigenvalue weighted by molar-refractivity contribution is 5.82. The van der Waals surface area contributed by atoms with Gasteiger partial charge >= 0.3 is 5.97 Å². The zero-order valence-corrected chi connectivity index (χ0v) is 13.3. The number of ether oxygens (including phenoxy) is 1. The van der Waals surface area contributed by atoms with Gasteiger partial charge in [-0.25, -0.2) is 4.79 Å². The standard InChI is InChI=1S/C19H22O4/c1-4-9-14-13-17(20)15(10-5-2)16(19(14)22)11-7-8-12-18(21)23-6-3/h4-5,7-8,11-13,20,22H,1-2,6,9-10H2,3H3/b11-7+,12-8+. The van der Waals surface area contributed by atoms with Gasteiger partial charge in [0.1, 0.15) is 11.5 Å². The molecule has 0 fully saturated rings. The Balaban J connectivity index is 3.17. The number of hydrogen-bond donors (Lipinski definition) is 2. The van der Waals surface area contributed by atoms with Crippen molar-refractivity contribution in [3.63, 3.8) is 0 Å². The molecule has 0 amide bonds. The number of rotatable bonds is 8. The molecule has 1 rings (SSSR count). The number of allylic oxidation sites excluding steroid dienone is 4. The van der Waals surface area contributed by atoms with E-state index in [1.54, 1.807) is 31.2 Å². The van der Waals surface area contributed by atoms with E-state index in [0.717, 1.165) is 0 Å². The highest BCUT2D eigenvalue weighted by atomic mass is 16.5. The summed E-state index contributed by atoms with van der Waals surface area (Å²) in [5.74, 6) is -0.259. The van der Waals surface area contributed by atoms with E-state index >= 15 is 0 Å². The summed E-state index contributed by atoms with van der Waals surface area (Å²) >= 11 is 0. The Kier molecular flexibility index (Phi) is 7.40. The molecular weight excluding hydrogens is 292 g/mol. The molecule has 0 bridgehead atoms. The van der Waals surface area contributed by atoms with Crippen LogP contribution in [-0.2, 0) is 22.4 Å². The normalized spacial score (nSPS) is 11.0. The molecule has 0 saturated carbocycles. The maximum atomic E-state index is 11.2. The third-order valence-corrected chi connectivity index (χ3v) is 3.11. The smallest absolute Gasteiger partial charge is 0.330 e. The van der Waals surface area contributed by atoms with Gasteiger partial charge in [0.25, 0.3) is 0 Å². The van der Waals surface area contributed by atoms with Crippen molar-refractivity contribution in [3.8, 4) is 11.5 Å². The summed E-state index contributed by atoms with van der Waals surface area (Å²) in [6.07, 6.45) is 10.2. The van der Waals surface area contributed by atoms with E-state index in [1.807, 2.05) is 0 Å². The summed E-state index contributed by atoms with van der Waals surface area (Å²) in [5.41, 5.74) is 1.65. The maximum Gasteiger partial charge on any atom is 0.330 e. The van der Waals surface area contributed by atoms with Crippen LogP contribution in [0.2, 0.25) is 0 Å². The highest BCUT2D eigenvalue weighted by Gasteiger charge is 2.14. The largest absolute Gasteiger partial charge is 0.508 e. The molecular formula is C19H22O4. The fraction of sp³-hybridized carbons (Fsp3) is 0.211. The van der Waals surface area contributed by atoms with Gasteiger partial charge in [-0.3, -0.25) is 0 Å². The van der Waals surface area contributed by atoms with Crippen LogP contribution in [0.4, 0.5) is 0 Å². The molecule has 122 valence electrons. The van der Waals surface area contributed by atoms with Crippen molar-refractivity contribution in [3.05, 3.63) is 66.3 Å². The van der Waals surface area contributed by atoms with Crippen molar-refractivity contribution >= 4 is 12.0 Å². The van der Waals surface area contributed by atoms with Crippen molar-refractivity contribution in [1.82, 2.24) is 0 Å². The van der Waals surface area contributed by atoms with Gasteiger partial charge < -0.3 is 14.9 Å². The maximum absolute atomic E-state index is 11.2. The molecule has 0 unspecified atom stereocenters. The number of phenols is 2. The Morgan fingerprint density at radius 1 is 1.22 bits per heavy atom. The van der Waals surface area contributed by atoms with Crippen LogP contribution in [0.5, 0.6) is 11.5 Å². The molecule has 2 N–H and O–H groups in total. The first-order valence-electron chi connectivity index (χ1n) is 7.35. The predicted octanol–water partition coefficient (Wildman–Crippen LogP) is 3.69. The van der Waals surface area contributed by atoms with E-state index in [2.05, 4.69) is 13.2 Å². The average molecular weight is 314 g/mol. The molecule has 0 atom stereocenters. The second-order valence-corrected chi connectivity index (χ2v) is 4.75. The van der Waals surface area contributed by atoms with E-state index < -0.39 is 5.97 Å². The number of carbonyl (C=O) groups excluding carboxylic acids is 1. The highest BCUT2D eigenvalue weighted by Crippen LogP contribution is 2.35. The van der Waals surface area contributed by atoms with Crippen molar-refractivity contribution in [2.45, 2.75) is 19.8 Å². The number of benzene rings is 1. The monoisotopic (exact) mass is 314 g/mol.